The number of thioether (sulfide) groups is 1. The molecule has 12 heteroatoms. The first kappa shape index (κ1) is 30.4. The number of carboxylic acids is 1. The van der Waals surface area contributed by atoms with E-state index in [1.165, 1.54) is 16.7 Å². The fourth-order valence-electron chi connectivity index (χ4n) is 4.40. The van der Waals surface area contributed by atoms with Gasteiger partial charge in [0, 0.05) is 43.9 Å². The highest BCUT2D eigenvalue weighted by Gasteiger charge is 2.31. The average molecular weight is 611 g/mol. The first-order valence-corrected chi connectivity index (χ1v) is 15.6. The largest absolute Gasteiger partial charge is 0.481 e. The van der Waals surface area contributed by atoms with Gasteiger partial charge in [0.15, 0.2) is 0 Å². The third-order valence-electron chi connectivity index (χ3n) is 6.32. The molecule has 0 bridgehead atoms. The monoisotopic (exact) mass is 610 g/mol. The van der Waals surface area contributed by atoms with Crippen LogP contribution < -0.4 is 0 Å². The third-order valence-corrected chi connectivity index (χ3v) is 9.61. The molecule has 9 nitrogen and oxygen atoms in total. The Bertz CT molecular complexity index is 1570. The fraction of sp³-hybridized carbons (Fsp3) is 0.241. The van der Waals surface area contributed by atoms with Gasteiger partial charge in [0.2, 0.25) is 10.0 Å². The van der Waals surface area contributed by atoms with Crippen molar-refractivity contribution in [2.75, 3.05) is 19.6 Å². The summed E-state index contributed by atoms with van der Waals surface area (Å²) in [5.74, 6) is -1.00. The van der Waals surface area contributed by atoms with Crippen molar-refractivity contribution in [1.82, 2.24) is 19.0 Å². The highest BCUT2D eigenvalue weighted by Crippen LogP contribution is 2.35. The molecule has 2 fully saturated rings. The number of sulfonamides is 1. The molecule has 1 N–H and O–H groups in total. The van der Waals surface area contributed by atoms with Crippen LogP contribution in [0.15, 0.2) is 83.2 Å². The van der Waals surface area contributed by atoms with E-state index in [1.54, 1.807) is 45.4 Å². The molecule has 41 heavy (non-hydrogen) atoms. The Morgan fingerprint density at radius 1 is 1.10 bits per heavy atom. The number of thiocarbonyl (C=S) groups is 1. The zero-order chi connectivity index (χ0) is 29.6. The molecule has 2 aliphatic rings. The molecule has 0 spiro atoms. The van der Waals surface area contributed by atoms with Crippen molar-refractivity contribution in [3.05, 3.63) is 83.9 Å². The van der Waals surface area contributed by atoms with Crippen LogP contribution in [0.25, 0.3) is 23.0 Å². The molecule has 2 saturated heterocycles. The lowest BCUT2D eigenvalue weighted by atomic mass is 10.1. The van der Waals surface area contributed by atoms with Gasteiger partial charge in [-0.3, -0.25) is 14.5 Å². The minimum atomic E-state index is -3.53. The number of carbonyl (C=O) groups is 2. The van der Waals surface area contributed by atoms with Crippen LogP contribution in [0.2, 0.25) is 0 Å². The number of para-hydroxylation sites is 1. The zero-order valence-corrected chi connectivity index (χ0v) is 24.9. The smallest absolute Gasteiger partial charge is 0.300 e. The Labute approximate surface area is 249 Å². The molecular weight excluding hydrogens is 581 g/mol. The molecule has 2 aliphatic heterocycles. The molecule has 3 aromatic rings. The van der Waals surface area contributed by atoms with Crippen molar-refractivity contribution in [3.8, 4) is 16.9 Å². The number of carboxylic acid groups (broad SMARTS) is 1. The summed E-state index contributed by atoms with van der Waals surface area (Å²) in [6.45, 7) is 6.25. The van der Waals surface area contributed by atoms with Gasteiger partial charge < -0.3 is 5.11 Å². The number of benzene rings is 2. The van der Waals surface area contributed by atoms with Crippen molar-refractivity contribution in [2.24, 2.45) is 0 Å². The number of amides is 1. The van der Waals surface area contributed by atoms with Crippen molar-refractivity contribution in [3.63, 3.8) is 0 Å². The summed E-state index contributed by atoms with van der Waals surface area (Å²) < 4.78 is 30.0. The second kappa shape index (κ2) is 13.4. The Morgan fingerprint density at radius 2 is 1.73 bits per heavy atom. The molecule has 214 valence electrons. The summed E-state index contributed by atoms with van der Waals surface area (Å²) in [5, 5.41) is 12.2. The number of rotatable bonds is 7. The lowest BCUT2D eigenvalue weighted by Crippen LogP contribution is -2.35. The van der Waals surface area contributed by atoms with Gasteiger partial charge in [-0.15, -0.1) is 6.58 Å². The predicted molar refractivity (Wildman–Crippen MR) is 165 cm³/mol. The summed E-state index contributed by atoms with van der Waals surface area (Å²) in [5.41, 5.74) is 2.99. The number of hydrogen-bond acceptors (Lipinski definition) is 7. The van der Waals surface area contributed by atoms with Gasteiger partial charge in [0.05, 0.1) is 21.2 Å². The van der Waals surface area contributed by atoms with Gasteiger partial charge in [-0.25, -0.2) is 13.1 Å². The van der Waals surface area contributed by atoms with Crippen LogP contribution in [0.3, 0.4) is 0 Å². The molecule has 1 amide bonds. The van der Waals surface area contributed by atoms with E-state index in [2.05, 4.69) is 6.58 Å². The number of carbonyl (C=O) groups excluding carboxylic acids is 1. The molecule has 0 radical (unpaired) electrons. The summed E-state index contributed by atoms with van der Waals surface area (Å²) in [4.78, 5) is 24.2. The van der Waals surface area contributed by atoms with Crippen LogP contribution >= 0.6 is 24.0 Å². The highest BCUT2D eigenvalue weighted by molar-refractivity contribution is 8.26. The van der Waals surface area contributed by atoms with Crippen LogP contribution in [0.4, 0.5) is 0 Å². The van der Waals surface area contributed by atoms with E-state index in [9.17, 15) is 13.2 Å². The van der Waals surface area contributed by atoms with Crippen LogP contribution in [-0.4, -0.2) is 68.3 Å². The van der Waals surface area contributed by atoms with Gasteiger partial charge in [0.25, 0.3) is 11.9 Å². The fourth-order valence-corrected chi connectivity index (χ4v) is 7.18. The Balaban J connectivity index is 0.000000909. The first-order valence-electron chi connectivity index (χ1n) is 12.9. The first-order chi connectivity index (χ1) is 19.6. The van der Waals surface area contributed by atoms with Gasteiger partial charge in [-0.2, -0.15) is 9.40 Å². The predicted octanol–water partition coefficient (Wildman–Crippen LogP) is 5.19. The molecule has 0 saturated carbocycles. The Kier molecular flexibility index (Phi) is 9.92. The number of aliphatic carboxylic acids is 1. The van der Waals surface area contributed by atoms with Gasteiger partial charge in [0.1, 0.15) is 4.32 Å². The van der Waals surface area contributed by atoms with Gasteiger partial charge in [-0.05, 0) is 43.2 Å². The van der Waals surface area contributed by atoms with Crippen LogP contribution in [-0.2, 0) is 19.6 Å². The van der Waals surface area contributed by atoms with Crippen molar-refractivity contribution in [1.29, 1.82) is 0 Å². The van der Waals surface area contributed by atoms with E-state index in [0.717, 1.165) is 43.0 Å². The maximum Gasteiger partial charge on any atom is 0.300 e. The lowest BCUT2D eigenvalue weighted by molar-refractivity contribution is -0.134. The Morgan fingerprint density at radius 3 is 2.34 bits per heavy atom. The molecular formula is C29H30N4O5S3. The normalized spacial score (nSPS) is 16.9. The number of piperidine rings is 1. The second-order valence-corrected chi connectivity index (χ2v) is 12.9. The van der Waals surface area contributed by atoms with Crippen molar-refractivity contribution >= 4 is 56.3 Å². The Hall–Kier alpha value is -3.58. The van der Waals surface area contributed by atoms with Crippen LogP contribution in [0.1, 0.15) is 31.7 Å². The molecule has 2 aromatic carbocycles. The molecule has 3 heterocycles. The van der Waals surface area contributed by atoms with Crippen molar-refractivity contribution in [2.45, 2.75) is 31.1 Å². The minimum Gasteiger partial charge on any atom is -0.481 e. The molecule has 1 aromatic heterocycles. The zero-order valence-electron chi connectivity index (χ0n) is 22.5. The SMILES string of the molecule is C=CCN1C(=O)/C(=C/c2cn(-c3ccccc3)nc2-c2ccc(S(=O)(=O)N3CCCCC3)cc2)SC1=S.CC(=O)O. The quantitative estimate of drug-likeness (QED) is 0.221. The summed E-state index contributed by atoms with van der Waals surface area (Å²) >= 11 is 6.63. The average Bonchev–Trinajstić information content (AvgIpc) is 3.50. The number of aromatic nitrogens is 2. The van der Waals surface area contributed by atoms with E-state index in [1.807, 2.05) is 36.5 Å². The summed E-state index contributed by atoms with van der Waals surface area (Å²) in [6.07, 6.45) is 8.13. The standard InChI is InChI=1S/C27H26N4O3S3.C2H4O2/c1-2-15-30-26(32)24(36-27(30)35)18-21-19-31(22-9-5-3-6-10-22)28-25(21)20-11-13-23(14-12-20)37(33,34)29-16-7-4-8-17-29;1-2(3)4/h2-3,5-6,9-14,18-19H,1,4,7-8,15-17H2;1H3,(H,3,4)/b24-18-;. The molecule has 0 unspecified atom stereocenters. The molecule has 0 aliphatic carbocycles. The molecule has 0 atom stereocenters. The minimum absolute atomic E-state index is 0.170. The molecule has 5 rings (SSSR count). The highest BCUT2D eigenvalue weighted by atomic mass is 32.2. The van der Waals surface area contributed by atoms with E-state index in [-0.39, 0.29) is 10.8 Å². The third kappa shape index (κ3) is 7.20. The maximum absolute atomic E-state index is 13.1. The number of nitrogens with zero attached hydrogens (tertiary/aromatic N) is 4. The van der Waals surface area contributed by atoms with E-state index in [0.29, 0.717) is 34.6 Å². The van der Waals surface area contributed by atoms with Gasteiger partial charge in [-0.1, -0.05) is 66.8 Å². The van der Waals surface area contributed by atoms with Crippen molar-refractivity contribution < 1.29 is 23.1 Å². The van der Waals surface area contributed by atoms with Gasteiger partial charge >= 0.3 is 0 Å². The second-order valence-electron chi connectivity index (χ2n) is 9.30. The summed E-state index contributed by atoms with van der Waals surface area (Å²) in [7, 11) is -3.53. The topological polar surface area (TPSA) is 113 Å². The van der Waals surface area contributed by atoms with E-state index >= 15 is 0 Å². The van der Waals surface area contributed by atoms with Crippen LogP contribution in [0, 0.1) is 0 Å². The number of hydrogen-bond donors (Lipinski definition) is 1. The summed E-state index contributed by atoms with van der Waals surface area (Å²) in [6, 6.07) is 16.5. The maximum atomic E-state index is 13.1. The lowest BCUT2D eigenvalue weighted by Gasteiger charge is -2.25. The van der Waals surface area contributed by atoms with E-state index in [4.69, 9.17) is 27.2 Å². The van der Waals surface area contributed by atoms with Crippen LogP contribution in [0.5, 0.6) is 0 Å². The van der Waals surface area contributed by atoms with E-state index < -0.39 is 16.0 Å².